The Hall–Kier alpha value is -2.20. The molecule has 2 aromatic rings. The van der Waals surface area contributed by atoms with Crippen molar-refractivity contribution in [1.82, 2.24) is 5.32 Å². The van der Waals surface area contributed by atoms with Crippen LogP contribution in [0.1, 0.15) is 12.5 Å². The number of nitrogens with one attached hydrogen (secondary N) is 1. The minimum absolute atomic E-state index is 0.247. The van der Waals surface area contributed by atoms with E-state index in [0.29, 0.717) is 6.54 Å². The van der Waals surface area contributed by atoms with Gasteiger partial charge in [0.2, 0.25) is 5.91 Å². The minimum atomic E-state index is -0.374. The maximum Gasteiger partial charge on any atom is 0.234 e. The predicted octanol–water partition coefficient (Wildman–Crippen LogP) is 2.46. The number of halogens is 1. The van der Waals surface area contributed by atoms with Gasteiger partial charge < -0.3 is 11.1 Å². The standard InChI is InChI=1S/C16H17FN2O/c1-11(16(18)20)19-10-12-5-7-13(8-6-12)14-3-2-4-15(17)9-14/h2-9,11,19H,10H2,1H3,(H2,18,20)/t11-/m1/s1. The van der Waals surface area contributed by atoms with Crippen LogP contribution in [-0.2, 0) is 11.3 Å². The molecule has 0 saturated carbocycles. The van der Waals surface area contributed by atoms with E-state index in [-0.39, 0.29) is 17.8 Å². The van der Waals surface area contributed by atoms with Crippen LogP contribution in [0, 0.1) is 5.82 Å². The van der Waals surface area contributed by atoms with Crippen molar-refractivity contribution >= 4 is 5.91 Å². The lowest BCUT2D eigenvalue weighted by atomic mass is 10.0. The van der Waals surface area contributed by atoms with E-state index in [2.05, 4.69) is 5.32 Å². The average molecular weight is 272 g/mol. The fourth-order valence-corrected chi connectivity index (χ4v) is 1.85. The largest absolute Gasteiger partial charge is 0.368 e. The molecular weight excluding hydrogens is 255 g/mol. The van der Waals surface area contributed by atoms with Gasteiger partial charge in [0.15, 0.2) is 0 Å². The van der Waals surface area contributed by atoms with Crippen molar-refractivity contribution in [3.8, 4) is 11.1 Å². The van der Waals surface area contributed by atoms with Crippen molar-refractivity contribution in [2.45, 2.75) is 19.5 Å². The number of hydrogen-bond acceptors (Lipinski definition) is 2. The summed E-state index contributed by atoms with van der Waals surface area (Å²) in [5, 5.41) is 3.03. The summed E-state index contributed by atoms with van der Waals surface area (Å²) < 4.78 is 13.2. The number of primary amides is 1. The Labute approximate surface area is 117 Å². The first kappa shape index (κ1) is 14.2. The molecule has 20 heavy (non-hydrogen) atoms. The van der Waals surface area contributed by atoms with Gasteiger partial charge in [0, 0.05) is 6.54 Å². The summed E-state index contributed by atoms with van der Waals surface area (Å²) in [5.41, 5.74) is 8.01. The molecule has 1 amide bonds. The van der Waals surface area contributed by atoms with Crippen LogP contribution in [-0.4, -0.2) is 11.9 Å². The fraction of sp³-hybridized carbons (Fsp3) is 0.188. The SMILES string of the molecule is C[C@@H](NCc1ccc(-c2cccc(F)c2)cc1)C(N)=O. The highest BCUT2D eigenvalue weighted by atomic mass is 19.1. The molecule has 2 aromatic carbocycles. The molecule has 0 saturated heterocycles. The third-order valence-corrected chi connectivity index (χ3v) is 3.15. The number of rotatable bonds is 5. The van der Waals surface area contributed by atoms with Crippen molar-refractivity contribution in [3.63, 3.8) is 0 Å². The molecule has 0 aliphatic heterocycles. The van der Waals surface area contributed by atoms with Crippen molar-refractivity contribution in [3.05, 3.63) is 59.9 Å². The minimum Gasteiger partial charge on any atom is -0.368 e. The number of benzene rings is 2. The highest BCUT2D eigenvalue weighted by Crippen LogP contribution is 2.20. The highest BCUT2D eigenvalue weighted by molar-refractivity contribution is 5.79. The van der Waals surface area contributed by atoms with Crippen molar-refractivity contribution < 1.29 is 9.18 Å². The van der Waals surface area contributed by atoms with Crippen LogP contribution in [0.2, 0.25) is 0 Å². The topological polar surface area (TPSA) is 55.1 Å². The highest BCUT2D eigenvalue weighted by Gasteiger charge is 2.07. The first-order valence-corrected chi connectivity index (χ1v) is 6.44. The van der Waals surface area contributed by atoms with Gasteiger partial charge in [-0.05, 0) is 35.7 Å². The van der Waals surface area contributed by atoms with Crippen molar-refractivity contribution in [2.24, 2.45) is 5.73 Å². The van der Waals surface area contributed by atoms with E-state index in [4.69, 9.17) is 5.73 Å². The van der Waals surface area contributed by atoms with Crippen molar-refractivity contribution in [2.75, 3.05) is 0 Å². The van der Waals surface area contributed by atoms with Gasteiger partial charge in [-0.2, -0.15) is 0 Å². The van der Waals surface area contributed by atoms with Gasteiger partial charge in [0.1, 0.15) is 5.82 Å². The van der Waals surface area contributed by atoms with Crippen LogP contribution < -0.4 is 11.1 Å². The van der Waals surface area contributed by atoms with E-state index >= 15 is 0 Å². The van der Waals surface area contributed by atoms with E-state index in [1.165, 1.54) is 12.1 Å². The zero-order valence-electron chi connectivity index (χ0n) is 11.3. The molecule has 0 aliphatic rings. The molecule has 0 heterocycles. The Morgan fingerprint density at radius 1 is 1.20 bits per heavy atom. The summed E-state index contributed by atoms with van der Waals surface area (Å²) >= 11 is 0. The summed E-state index contributed by atoms with van der Waals surface area (Å²) in [5.74, 6) is -0.620. The lowest BCUT2D eigenvalue weighted by molar-refractivity contribution is -0.119. The predicted molar refractivity (Wildman–Crippen MR) is 77.3 cm³/mol. The normalized spacial score (nSPS) is 12.1. The van der Waals surface area contributed by atoms with Crippen LogP contribution in [0.4, 0.5) is 4.39 Å². The molecule has 0 fully saturated rings. The van der Waals surface area contributed by atoms with E-state index in [1.807, 2.05) is 30.3 Å². The summed E-state index contributed by atoms with van der Waals surface area (Å²) in [6.07, 6.45) is 0. The Morgan fingerprint density at radius 3 is 2.50 bits per heavy atom. The Balaban J connectivity index is 2.05. The van der Waals surface area contributed by atoms with E-state index in [1.54, 1.807) is 13.0 Å². The fourth-order valence-electron chi connectivity index (χ4n) is 1.85. The summed E-state index contributed by atoms with van der Waals surface area (Å²) in [6, 6.07) is 13.9. The first-order valence-electron chi connectivity index (χ1n) is 6.44. The second-order valence-electron chi connectivity index (χ2n) is 4.71. The zero-order chi connectivity index (χ0) is 14.5. The van der Waals surface area contributed by atoms with Gasteiger partial charge in [-0.1, -0.05) is 36.4 Å². The van der Waals surface area contributed by atoms with Crippen LogP contribution in [0.5, 0.6) is 0 Å². The molecule has 0 unspecified atom stereocenters. The van der Waals surface area contributed by atoms with E-state index in [0.717, 1.165) is 16.7 Å². The van der Waals surface area contributed by atoms with Crippen LogP contribution >= 0.6 is 0 Å². The van der Waals surface area contributed by atoms with Crippen LogP contribution in [0.25, 0.3) is 11.1 Å². The van der Waals surface area contributed by atoms with Gasteiger partial charge in [-0.3, -0.25) is 4.79 Å². The van der Waals surface area contributed by atoms with E-state index in [9.17, 15) is 9.18 Å². The van der Waals surface area contributed by atoms with Gasteiger partial charge in [0.05, 0.1) is 6.04 Å². The number of carbonyl (C=O) groups is 1. The molecular formula is C16H17FN2O. The monoisotopic (exact) mass is 272 g/mol. The van der Waals surface area contributed by atoms with E-state index < -0.39 is 0 Å². The molecule has 3 N–H and O–H groups in total. The Morgan fingerprint density at radius 2 is 1.90 bits per heavy atom. The molecule has 4 heteroatoms. The summed E-state index contributed by atoms with van der Waals surface area (Å²) in [6.45, 7) is 2.29. The Kier molecular flexibility index (Phi) is 4.48. The van der Waals surface area contributed by atoms with Gasteiger partial charge in [0.25, 0.3) is 0 Å². The molecule has 0 spiro atoms. The molecule has 0 bridgehead atoms. The van der Waals surface area contributed by atoms with Gasteiger partial charge in [-0.25, -0.2) is 4.39 Å². The molecule has 0 aliphatic carbocycles. The number of nitrogens with two attached hydrogens (primary N) is 1. The third kappa shape index (κ3) is 3.65. The molecule has 0 aromatic heterocycles. The van der Waals surface area contributed by atoms with Gasteiger partial charge in [-0.15, -0.1) is 0 Å². The second-order valence-corrected chi connectivity index (χ2v) is 4.71. The summed E-state index contributed by atoms with van der Waals surface area (Å²) in [4.78, 5) is 10.9. The number of carbonyl (C=O) groups excluding carboxylic acids is 1. The molecule has 2 rings (SSSR count). The average Bonchev–Trinajstić information content (AvgIpc) is 2.45. The quantitative estimate of drug-likeness (QED) is 0.878. The van der Waals surface area contributed by atoms with Crippen molar-refractivity contribution in [1.29, 1.82) is 0 Å². The smallest absolute Gasteiger partial charge is 0.234 e. The summed E-state index contributed by atoms with van der Waals surface area (Å²) in [7, 11) is 0. The Bertz CT molecular complexity index is 596. The molecule has 3 nitrogen and oxygen atoms in total. The molecule has 104 valence electrons. The number of hydrogen-bond donors (Lipinski definition) is 2. The third-order valence-electron chi connectivity index (χ3n) is 3.15. The maximum atomic E-state index is 13.2. The molecule has 0 radical (unpaired) electrons. The van der Waals surface area contributed by atoms with Crippen LogP contribution in [0.15, 0.2) is 48.5 Å². The lowest BCUT2D eigenvalue weighted by Crippen LogP contribution is -2.38. The van der Waals surface area contributed by atoms with Gasteiger partial charge >= 0.3 is 0 Å². The van der Waals surface area contributed by atoms with Crippen LogP contribution in [0.3, 0.4) is 0 Å². The lowest BCUT2D eigenvalue weighted by Gasteiger charge is -2.10. The number of amides is 1. The molecule has 1 atom stereocenters. The first-order chi connectivity index (χ1) is 9.56. The zero-order valence-corrected chi connectivity index (χ0v) is 11.3. The second kappa shape index (κ2) is 6.30. The maximum absolute atomic E-state index is 13.2.